The third-order valence-electron chi connectivity index (χ3n) is 9.60. The summed E-state index contributed by atoms with van der Waals surface area (Å²) in [6.07, 6.45) is 33.8. The number of carbonyl (C=O) groups excluding carboxylic acids is 1. The first kappa shape index (κ1) is 48.5. The number of hydrogen-bond donors (Lipinski definition) is 2. The van der Waals surface area contributed by atoms with Gasteiger partial charge in [-0.2, -0.15) is 0 Å². The molecule has 8 nitrogen and oxygen atoms in total. The van der Waals surface area contributed by atoms with E-state index in [1.165, 1.54) is 135 Å². The van der Waals surface area contributed by atoms with Crippen molar-refractivity contribution in [2.75, 3.05) is 40.9 Å². The van der Waals surface area contributed by atoms with Gasteiger partial charge in [0.05, 0.1) is 39.9 Å². The van der Waals surface area contributed by atoms with E-state index in [2.05, 4.69) is 19.2 Å². The molecule has 3 unspecified atom stereocenters. The van der Waals surface area contributed by atoms with E-state index in [-0.39, 0.29) is 19.1 Å². The van der Waals surface area contributed by atoms with Crippen LogP contribution < -0.4 is 10.2 Å². The zero-order valence-corrected chi connectivity index (χ0v) is 34.1. The van der Waals surface area contributed by atoms with Gasteiger partial charge in [-0.05, 0) is 12.8 Å². The van der Waals surface area contributed by atoms with Crippen LogP contribution in [0.15, 0.2) is 0 Å². The third-order valence-corrected chi connectivity index (χ3v) is 10.6. The Morgan fingerprint density at radius 3 is 1.39 bits per heavy atom. The van der Waals surface area contributed by atoms with E-state index in [4.69, 9.17) is 9.05 Å². The summed E-state index contributed by atoms with van der Waals surface area (Å²) in [4.78, 5) is 25.2. The standard InChI is InChI=1S/C40H83N2O6P/c1-6-8-10-12-14-16-18-19-20-21-22-24-25-27-29-31-33-39(43)38(37-48-49(45,46)47-36-35-42(3,4)5)41-40(44)34-32-30-28-26-23-17-15-13-11-9-7-2/h38-39,43H,6-37H2,1-5H3,(H-,41,44,45,46). The fourth-order valence-corrected chi connectivity index (χ4v) is 6.94. The number of rotatable bonds is 38. The predicted molar refractivity (Wildman–Crippen MR) is 206 cm³/mol. The number of quaternary nitrogens is 1. The molecule has 1 amide bonds. The Labute approximate surface area is 304 Å². The molecule has 0 saturated carbocycles. The van der Waals surface area contributed by atoms with Crippen LogP contribution in [0.5, 0.6) is 0 Å². The first-order valence-corrected chi connectivity index (χ1v) is 22.3. The molecule has 0 aromatic heterocycles. The molecule has 0 heterocycles. The topological polar surface area (TPSA) is 108 Å². The second-order valence-corrected chi connectivity index (χ2v) is 17.1. The van der Waals surface area contributed by atoms with Crippen molar-refractivity contribution in [1.82, 2.24) is 5.32 Å². The van der Waals surface area contributed by atoms with Gasteiger partial charge in [0, 0.05) is 6.42 Å². The molecule has 0 aliphatic heterocycles. The largest absolute Gasteiger partial charge is 0.756 e. The van der Waals surface area contributed by atoms with E-state index in [1.54, 1.807) is 0 Å². The van der Waals surface area contributed by atoms with Gasteiger partial charge < -0.3 is 28.8 Å². The fraction of sp³-hybridized carbons (Fsp3) is 0.975. The van der Waals surface area contributed by atoms with Crippen LogP contribution in [-0.2, 0) is 18.4 Å². The summed E-state index contributed by atoms with van der Waals surface area (Å²) in [6.45, 7) is 4.72. The Morgan fingerprint density at radius 1 is 0.633 bits per heavy atom. The van der Waals surface area contributed by atoms with Crippen LogP contribution in [0.25, 0.3) is 0 Å². The lowest BCUT2D eigenvalue weighted by atomic mass is 10.0. The number of aliphatic hydroxyl groups excluding tert-OH is 1. The zero-order chi connectivity index (χ0) is 36.5. The normalized spacial score (nSPS) is 14.5. The van der Waals surface area contributed by atoms with Gasteiger partial charge in [0.1, 0.15) is 13.2 Å². The summed E-state index contributed by atoms with van der Waals surface area (Å²) in [7, 11) is 1.31. The van der Waals surface area contributed by atoms with Crippen LogP contribution in [-0.4, -0.2) is 68.5 Å². The van der Waals surface area contributed by atoms with Gasteiger partial charge in [-0.1, -0.05) is 181 Å². The minimum Gasteiger partial charge on any atom is -0.756 e. The molecule has 49 heavy (non-hydrogen) atoms. The van der Waals surface area contributed by atoms with Crippen molar-refractivity contribution < 1.29 is 32.9 Å². The molecule has 0 spiro atoms. The maximum atomic E-state index is 12.8. The summed E-state index contributed by atoms with van der Waals surface area (Å²) < 4.78 is 23.2. The van der Waals surface area contributed by atoms with Gasteiger partial charge in [-0.3, -0.25) is 9.36 Å². The van der Waals surface area contributed by atoms with E-state index >= 15 is 0 Å². The van der Waals surface area contributed by atoms with E-state index in [9.17, 15) is 19.4 Å². The summed E-state index contributed by atoms with van der Waals surface area (Å²) in [5.41, 5.74) is 0. The second-order valence-electron chi connectivity index (χ2n) is 15.7. The summed E-state index contributed by atoms with van der Waals surface area (Å²) >= 11 is 0. The number of hydrogen-bond acceptors (Lipinski definition) is 6. The van der Waals surface area contributed by atoms with Crippen LogP contribution in [0.2, 0.25) is 0 Å². The number of aliphatic hydroxyl groups is 1. The molecule has 0 aliphatic rings. The van der Waals surface area contributed by atoms with Crippen molar-refractivity contribution in [2.24, 2.45) is 0 Å². The highest BCUT2D eigenvalue weighted by Crippen LogP contribution is 2.38. The van der Waals surface area contributed by atoms with Crippen molar-refractivity contribution in [2.45, 2.75) is 212 Å². The average Bonchev–Trinajstić information content (AvgIpc) is 3.04. The van der Waals surface area contributed by atoms with Crippen molar-refractivity contribution in [3.8, 4) is 0 Å². The Morgan fingerprint density at radius 2 is 1.00 bits per heavy atom. The Bertz CT molecular complexity index is 778. The van der Waals surface area contributed by atoms with Gasteiger partial charge in [-0.15, -0.1) is 0 Å². The molecule has 0 radical (unpaired) electrons. The van der Waals surface area contributed by atoms with E-state index in [0.717, 1.165) is 38.5 Å². The van der Waals surface area contributed by atoms with Crippen molar-refractivity contribution in [3.63, 3.8) is 0 Å². The fourth-order valence-electron chi connectivity index (χ4n) is 6.22. The number of phosphoric acid groups is 1. The zero-order valence-electron chi connectivity index (χ0n) is 33.2. The molecule has 3 atom stereocenters. The molecule has 0 bridgehead atoms. The molecule has 0 aromatic carbocycles. The molecule has 2 N–H and O–H groups in total. The monoisotopic (exact) mass is 719 g/mol. The highest BCUT2D eigenvalue weighted by Gasteiger charge is 2.24. The first-order chi connectivity index (χ1) is 23.5. The number of phosphoric ester groups is 1. The van der Waals surface area contributed by atoms with E-state index in [0.29, 0.717) is 23.9 Å². The van der Waals surface area contributed by atoms with Crippen molar-refractivity contribution in [3.05, 3.63) is 0 Å². The molecule has 294 valence electrons. The lowest BCUT2D eigenvalue weighted by Gasteiger charge is -2.30. The molecule has 0 aromatic rings. The van der Waals surface area contributed by atoms with Crippen LogP contribution in [0.1, 0.15) is 200 Å². The lowest BCUT2D eigenvalue weighted by Crippen LogP contribution is -2.46. The minimum absolute atomic E-state index is 0.0158. The second kappa shape index (κ2) is 33.3. The number of unbranched alkanes of at least 4 members (excludes halogenated alkanes) is 25. The molecule has 0 rings (SSSR count). The highest BCUT2D eigenvalue weighted by atomic mass is 31.2. The van der Waals surface area contributed by atoms with Gasteiger partial charge in [0.15, 0.2) is 0 Å². The summed E-state index contributed by atoms with van der Waals surface area (Å²) in [6, 6.07) is -0.791. The third kappa shape index (κ3) is 35.7. The predicted octanol–water partition coefficient (Wildman–Crippen LogP) is 10.4. The quantitative estimate of drug-likeness (QED) is 0.0374. The van der Waals surface area contributed by atoms with Gasteiger partial charge in [0.2, 0.25) is 5.91 Å². The Balaban J connectivity index is 4.37. The van der Waals surface area contributed by atoms with Crippen LogP contribution in [0.4, 0.5) is 0 Å². The van der Waals surface area contributed by atoms with Crippen molar-refractivity contribution >= 4 is 13.7 Å². The maximum absolute atomic E-state index is 12.8. The van der Waals surface area contributed by atoms with Gasteiger partial charge >= 0.3 is 0 Å². The number of nitrogens with zero attached hydrogens (tertiary/aromatic N) is 1. The number of likely N-dealkylation sites (N-methyl/N-ethyl adjacent to an activating group) is 1. The number of carbonyl (C=O) groups is 1. The molecule has 9 heteroatoms. The lowest BCUT2D eigenvalue weighted by molar-refractivity contribution is -0.870. The molecule has 0 fully saturated rings. The smallest absolute Gasteiger partial charge is 0.268 e. The molecular weight excluding hydrogens is 635 g/mol. The Hall–Kier alpha value is -0.500. The molecule has 0 saturated heterocycles. The highest BCUT2D eigenvalue weighted by molar-refractivity contribution is 7.45. The summed E-state index contributed by atoms with van der Waals surface area (Å²) in [5.74, 6) is -0.165. The molecular formula is C40H83N2O6P. The van der Waals surface area contributed by atoms with Crippen LogP contribution in [0.3, 0.4) is 0 Å². The van der Waals surface area contributed by atoms with Gasteiger partial charge in [-0.25, -0.2) is 0 Å². The molecule has 0 aliphatic carbocycles. The average molecular weight is 719 g/mol. The first-order valence-electron chi connectivity index (χ1n) is 20.9. The van der Waals surface area contributed by atoms with Crippen LogP contribution >= 0.6 is 7.82 Å². The summed E-state index contributed by atoms with van der Waals surface area (Å²) in [5, 5.41) is 13.9. The van der Waals surface area contributed by atoms with Crippen LogP contribution in [0, 0.1) is 0 Å². The van der Waals surface area contributed by atoms with Gasteiger partial charge in [0.25, 0.3) is 7.82 Å². The number of nitrogens with one attached hydrogen (secondary N) is 1. The Kier molecular flexibility index (Phi) is 33.0. The van der Waals surface area contributed by atoms with E-state index in [1.807, 2.05) is 21.1 Å². The maximum Gasteiger partial charge on any atom is 0.268 e. The SMILES string of the molecule is CCCCCCCCCCCCCCCCCCC(O)C(COP(=O)([O-])OCC[N+](C)(C)C)NC(=O)CCCCCCCCCCCCC. The number of amides is 1. The minimum atomic E-state index is -4.55. The van der Waals surface area contributed by atoms with E-state index < -0.39 is 20.0 Å². The van der Waals surface area contributed by atoms with Crippen molar-refractivity contribution in [1.29, 1.82) is 0 Å².